The summed E-state index contributed by atoms with van der Waals surface area (Å²) in [6, 6.07) is 0. The highest BCUT2D eigenvalue weighted by Crippen LogP contribution is 2.24. The van der Waals surface area contributed by atoms with Crippen LogP contribution in [-0.2, 0) is 13.0 Å². The zero-order valence-electron chi connectivity index (χ0n) is 10.1. The van der Waals surface area contributed by atoms with Crippen molar-refractivity contribution in [1.82, 2.24) is 0 Å². The van der Waals surface area contributed by atoms with E-state index in [1.54, 1.807) is 11.3 Å². The Labute approximate surface area is 102 Å². The van der Waals surface area contributed by atoms with Gasteiger partial charge >= 0.3 is 0 Å². The first-order valence-electron chi connectivity index (χ1n) is 6.35. The van der Waals surface area contributed by atoms with Crippen molar-refractivity contribution >= 4 is 11.3 Å². The zero-order chi connectivity index (χ0) is 11.4. The van der Waals surface area contributed by atoms with Gasteiger partial charge in [0, 0.05) is 12.8 Å². The van der Waals surface area contributed by atoms with Crippen molar-refractivity contribution in [1.29, 1.82) is 0 Å². The van der Waals surface area contributed by atoms with Gasteiger partial charge in [-0.25, -0.2) is 0 Å². The fourth-order valence-corrected chi connectivity index (χ4v) is 3.60. The summed E-state index contributed by atoms with van der Waals surface area (Å²) in [7, 11) is 0. The molecule has 1 aromatic heterocycles. The van der Waals surface area contributed by atoms with Crippen molar-refractivity contribution in [2.45, 2.75) is 52.0 Å². The minimum Gasteiger partial charge on any atom is -0.854 e. The Balaban J connectivity index is 1.97. The van der Waals surface area contributed by atoms with Crippen LogP contribution in [0.15, 0.2) is 5.51 Å². The van der Waals surface area contributed by atoms with E-state index >= 15 is 0 Å². The van der Waals surface area contributed by atoms with Crippen molar-refractivity contribution in [3.8, 4) is 0 Å². The molecule has 1 fully saturated rings. The second kappa shape index (κ2) is 5.78. The third-order valence-corrected chi connectivity index (χ3v) is 4.81. The molecule has 0 aliphatic heterocycles. The number of rotatable bonds is 4. The fourth-order valence-electron chi connectivity index (χ4n) is 2.61. The van der Waals surface area contributed by atoms with Crippen LogP contribution in [0, 0.1) is 12.8 Å². The van der Waals surface area contributed by atoms with Crippen LogP contribution in [0.25, 0.3) is 0 Å². The molecule has 0 atom stereocenters. The molecule has 1 aliphatic rings. The van der Waals surface area contributed by atoms with Crippen molar-refractivity contribution < 1.29 is 9.67 Å². The second-order valence-corrected chi connectivity index (χ2v) is 5.78. The van der Waals surface area contributed by atoms with Gasteiger partial charge in [0.05, 0.1) is 4.88 Å². The van der Waals surface area contributed by atoms with Crippen LogP contribution >= 0.6 is 11.3 Å². The van der Waals surface area contributed by atoms with Gasteiger partial charge in [0.25, 0.3) is 0 Å². The Bertz CT molecular complexity index is 329. The molecule has 16 heavy (non-hydrogen) atoms. The van der Waals surface area contributed by atoms with Gasteiger partial charge in [-0.2, -0.15) is 4.57 Å². The molecule has 1 aromatic rings. The smallest absolute Gasteiger partial charge is 0.225 e. The lowest BCUT2D eigenvalue weighted by Crippen LogP contribution is -2.39. The topological polar surface area (TPSA) is 26.9 Å². The molecule has 0 spiro atoms. The van der Waals surface area contributed by atoms with E-state index in [9.17, 15) is 5.11 Å². The first-order valence-corrected chi connectivity index (χ1v) is 7.23. The van der Waals surface area contributed by atoms with E-state index in [2.05, 4.69) is 17.0 Å². The van der Waals surface area contributed by atoms with Crippen LogP contribution < -0.4 is 9.67 Å². The highest BCUT2D eigenvalue weighted by molar-refractivity contribution is 7.09. The summed E-state index contributed by atoms with van der Waals surface area (Å²) < 4.78 is 2.37. The monoisotopic (exact) mass is 239 g/mol. The van der Waals surface area contributed by atoms with E-state index in [0.717, 1.165) is 5.92 Å². The molecule has 0 aromatic carbocycles. The summed E-state index contributed by atoms with van der Waals surface area (Å²) in [5.74, 6) is 0.868. The van der Waals surface area contributed by atoms with Gasteiger partial charge in [0.1, 0.15) is 0 Å². The Morgan fingerprint density at radius 1 is 1.38 bits per heavy atom. The molecule has 3 heteroatoms. The van der Waals surface area contributed by atoms with Crippen LogP contribution in [0.3, 0.4) is 0 Å². The highest BCUT2D eigenvalue weighted by atomic mass is 32.1. The quantitative estimate of drug-likeness (QED) is 0.736. The maximum atomic E-state index is 10.6. The van der Waals surface area contributed by atoms with Crippen molar-refractivity contribution in [2.24, 2.45) is 5.92 Å². The molecule has 1 aliphatic carbocycles. The van der Waals surface area contributed by atoms with Crippen LogP contribution in [0.2, 0.25) is 0 Å². The molecule has 1 heterocycles. The molecular formula is C13H21NOS. The average Bonchev–Trinajstić information content (AvgIpc) is 2.64. The van der Waals surface area contributed by atoms with E-state index in [-0.39, 0.29) is 6.61 Å². The molecule has 0 saturated heterocycles. The maximum absolute atomic E-state index is 10.6. The SMILES string of the molecule is Cc1c(CC[O-])sc[n+]1CC1CCCCC1. The van der Waals surface area contributed by atoms with Crippen LogP contribution in [0.1, 0.15) is 42.7 Å². The van der Waals surface area contributed by atoms with Crippen molar-refractivity contribution in [2.75, 3.05) is 6.61 Å². The molecule has 0 radical (unpaired) electrons. The predicted molar refractivity (Wildman–Crippen MR) is 64.4 cm³/mol. The molecule has 2 rings (SSSR count). The number of hydrogen-bond donors (Lipinski definition) is 0. The lowest BCUT2D eigenvalue weighted by molar-refractivity contribution is -0.705. The lowest BCUT2D eigenvalue weighted by atomic mass is 9.89. The van der Waals surface area contributed by atoms with Gasteiger partial charge in [-0.3, -0.25) is 0 Å². The summed E-state index contributed by atoms with van der Waals surface area (Å²) >= 11 is 1.75. The lowest BCUT2D eigenvalue weighted by Gasteiger charge is -2.18. The van der Waals surface area contributed by atoms with E-state index in [1.807, 2.05) is 0 Å². The molecular weight excluding hydrogens is 218 g/mol. The van der Waals surface area contributed by atoms with Crippen molar-refractivity contribution in [3.63, 3.8) is 0 Å². The van der Waals surface area contributed by atoms with Gasteiger partial charge in [0.2, 0.25) is 5.51 Å². The van der Waals surface area contributed by atoms with E-state index in [4.69, 9.17) is 0 Å². The molecule has 0 N–H and O–H groups in total. The minimum atomic E-state index is 0.0186. The van der Waals surface area contributed by atoms with E-state index in [0.29, 0.717) is 6.42 Å². The summed E-state index contributed by atoms with van der Waals surface area (Å²) in [6.07, 6.45) is 7.71. The largest absolute Gasteiger partial charge is 0.854 e. The highest BCUT2D eigenvalue weighted by Gasteiger charge is 2.21. The molecule has 0 bridgehead atoms. The van der Waals surface area contributed by atoms with E-state index in [1.165, 1.54) is 49.2 Å². The first-order chi connectivity index (χ1) is 7.81. The summed E-state index contributed by atoms with van der Waals surface area (Å²) in [6.45, 7) is 3.34. The van der Waals surface area contributed by atoms with Gasteiger partial charge in [0.15, 0.2) is 12.2 Å². The number of aromatic nitrogens is 1. The zero-order valence-corrected chi connectivity index (χ0v) is 10.9. The van der Waals surface area contributed by atoms with Crippen LogP contribution in [0.4, 0.5) is 0 Å². The van der Waals surface area contributed by atoms with Gasteiger partial charge in [-0.05, 0) is 19.3 Å². The predicted octanol–water partition coefficient (Wildman–Crippen LogP) is 1.83. The molecule has 0 amide bonds. The van der Waals surface area contributed by atoms with Crippen molar-refractivity contribution in [3.05, 3.63) is 16.1 Å². The summed E-state index contributed by atoms with van der Waals surface area (Å²) in [5.41, 5.74) is 3.53. The maximum Gasteiger partial charge on any atom is 0.225 e. The Kier molecular flexibility index (Phi) is 4.36. The number of nitrogens with zero attached hydrogens (tertiary/aromatic N) is 1. The Morgan fingerprint density at radius 3 is 2.81 bits per heavy atom. The molecule has 2 nitrogen and oxygen atoms in total. The second-order valence-electron chi connectivity index (χ2n) is 4.84. The van der Waals surface area contributed by atoms with Gasteiger partial charge in [-0.15, -0.1) is 6.61 Å². The standard InChI is InChI=1S/C13H21NOS/c1-11-13(7-8-15)16-10-14(11)9-12-5-3-2-4-6-12/h10,12H,2-9H2,1H3. The van der Waals surface area contributed by atoms with Gasteiger partial charge < -0.3 is 5.11 Å². The van der Waals surface area contributed by atoms with Crippen LogP contribution in [0.5, 0.6) is 0 Å². The van der Waals surface area contributed by atoms with Crippen LogP contribution in [-0.4, -0.2) is 6.61 Å². The Morgan fingerprint density at radius 2 is 2.12 bits per heavy atom. The molecule has 0 unspecified atom stereocenters. The Hall–Kier alpha value is -0.410. The number of hydrogen-bond acceptors (Lipinski definition) is 2. The third-order valence-electron chi connectivity index (χ3n) is 3.67. The third kappa shape index (κ3) is 2.83. The summed E-state index contributed by atoms with van der Waals surface area (Å²) in [4.78, 5) is 1.28. The molecule has 1 saturated carbocycles. The normalized spacial score (nSPS) is 17.9. The van der Waals surface area contributed by atoms with E-state index < -0.39 is 0 Å². The fraction of sp³-hybridized carbons (Fsp3) is 0.769. The first kappa shape index (κ1) is 12.1. The van der Waals surface area contributed by atoms with Gasteiger partial charge in [-0.1, -0.05) is 30.6 Å². The minimum absolute atomic E-state index is 0.0186. The number of thiazole rings is 1. The summed E-state index contributed by atoms with van der Waals surface area (Å²) in [5, 5.41) is 10.6. The molecule has 90 valence electrons. The average molecular weight is 239 g/mol.